The first-order valence-corrected chi connectivity index (χ1v) is 27.9. The number of ether oxygens (including phenoxy) is 2. The van der Waals surface area contributed by atoms with Crippen molar-refractivity contribution in [3.63, 3.8) is 0 Å². The van der Waals surface area contributed by atoms with Gasteiger partial charge in [0, 0.05) is 119 Å². The van der Waals surface area contributed by atoms with Gasteiger partial charge in [-0.3, -0.25) is 0 Å². The highest BCUT2D eigenvalue weighted by atomic mass is 16.5. The lowest BCUT2D eigenvalue weighted by Gasteiger charge is -2.34. The van der Waals surface area contributed by atoms with E-state index in [0.717, 1.165) is 149 Å². The molecule has 2 fully saturated rings. The van der Waals surface area contributed by atoms with Crippen molar-refractivity contribution < 1.29 is 9.47 Å². The molecule has 9 rings (SSSR count). The van der Waals surface area contributed by atoms with E-state index in [0.29, 0.717) is 12.4 Å². The SMILES string of the molecule is CCCCCCn1c(CCCC)nc2c(N)nc3ccc(N4CCN(C)CC4)cc3c21.CCCCCCn1c(CCCC)nc2c(NCc3ccc(OC)cc3OC)nc3ccc(N4CCN(C)CC4)cc3c21. The minimum atomic E-state index is 0.555. The van der Waals surface area contributed by atoms with Crippen LogP contribution in [0.1, 0.15) is 122 Å². The van der Waals surface area contributed by atoms with Crippen LogP contribution in [0, 0.1) is 0 Å². The molecule has 0 saturated carbocycles. The third-order valence-corrected chi connectivity index (χ3v) is 15.2. The number of nitrogens with two attached hydrogens (primary N) is 1. The molecule has 14 nitrogen and oxygen atoms in total. The number of pyridine rings is 2. The van der Waals surface area contributed by atoms with E-state index in [1.165, 1.54) is 96.2 Å². The lowest BCUT2D eigenvalue weighted by molar-refractivity contribution is 0.313. The number of anilines is 4. The van der Waals surface area contributed by atoms with Gasteiger partial charge in [0.05, 0.1) is 36.3 Å². The molecule has 73 heavy (non-hydrogen) atoms. The fourth-order valence-corrected chi connectivity index (χ4v) is 10.6. The highest BCUT2D eigenvalue weighted by Crippen LogP contribution is 2.36. The topological polar surface area (TPSA) is 131 Å². The van der Waals surface area contributed by atoms with E-state index < -0.39 is 0 Å². The Balaban J connectivity index is 0.000000204. The molecule has 0 unspecified atom stereocenters. The van der Waals surface area contributed by atoms with Crippen LogP contribution >= 0.6 is 0 Å². The molecular formula is C59H86N12O2. The molecule has 14 heteroatoms. The van der Waals surface area contributed by atoms with E-state index in [1.807, 2.05) is 18.2 Å². The molecule has 3 N–H and O–H groups in total. The minimum absolute atomic E-state index is 0.555. The summed E-state index contributed by atoms with van der Waals surface area (Å²) in [5.41, 5.74) is 16.2. The number of nitrogen functional groups attached to an aromatic ring is 1. The summed E-state index contributed by atoms with van der Waals surface area (Å²) in [5.74, 6) is 5.29. The van der Waals surface area contributed by atoms with Gasteiger partial charge in [0.25, 0.3) is 0 Å². The number of methoxy groups -OCH3 is 2. The van der Waals surface area contributed by atoms with Crippen LogP contribution in [0.4, 0.5) is 23.0 Å². The van der Waals surface area contributed by atoms with Crippen molar-refractivity contribution >= 4 is 66.9 Å². The highest BCUT2D eigenvalue weighted by molar-refractivity contribution is 6.09. The van der Waals surface area contributed by atoms with Crippen molar-refractivity contribution in [2.75, 3.05) is 102 Å². The number of aromatic nitrogens is 6. The molecule has 0 amide bonds. The van der Waals surface area contributed by atoms with Crippen LogP contribution in [-0.2, 0) is 32.5 Å². The fraction of sp³-hybridized carbons (Fsp3) is 0.559. The van der Waals surface area contributed by atoms with E-state index in [-0.39, 0.29) is 0 Å². The van der Waals surface area contributed by atoms with E-state index >= 15 is 0 Å². The molecule has 3 aromatic carbocycles. The summed E-state index contributed by atoms with van der Waals surface area (Å²) in [7, 11) is 7.77. The fourth-order valence-electron chi connectivity index (χ4n) is 10.6. The van der Waals surface area contributed by atoms with Crippen LogP contribution in [0.2, 0.25) is 0 Å². The number of likely N-dealkylation sites (N-methyl/N-ethyl adjacent to an activating group) is 2. The first kappa shape index (κ1) is 53.4. The standard InChI is InChI=1S/C34H48N6O2.C25H38N6/c1-6-8-10-11-17-40-31(12-9-7-2)37-32-33(40)28-22-26(39-20-18-38(3)19-21-39)14-16-29(28)36-34(32)35-24-25-13-15-27(41-4)23-30(25)42-5;1-4-6-8-9-13-31-22(10-7-5-2)28-23-24(31)20-18-19(11-12-21(20)27-25(23)26)30-16-14-29(3)15-17-30/h13-16,22-23H,6-12,17-21,24H2,1-5H3,(H,35,36);11-12,18H,4-10,13-17H2,1-3H3,(H2,26,27). The molecule has 0 aliphatic carbocycles. The third kappa shape index (κ3) is 12.7. The first-order valence-electron chi connectivity index (χ1n) is 27.9. The van der Waals surface area contributed by atoms with Crippen LogP contribution in [0.25, 0.3) is 43.9 Å². The van der Waals surface area contributed by atoms with E-state index in [4.69, 9.17) is 35.1 Å². The monoisotopic (exact) mass is 995 g/mol. The second-order valence-electron chi connectivity index (χ2n) is 20.6. The van der Waals surface area contributed by atoms with Gasteiger partial charge >= 0.3 is 0 Å². The maximum absolute atomic E-state index is 6.40. The maximum atomic E-state index is 6.40. The Morgan fingerprint density at radius 1 is 0.534 bits per heavy atom. The van der Waals surface area contributed by atoms with Gasteiger partial charge in [0.15, 0.2) is 11.6 Å². The second kappa shape index (κ2) is 25.9. The number of unbranched alkanes of at least 4 members (excludes halogenated alkanes) is 8. The van der Waals surface area contributed by atoms with Crippen LogP contribution in [0.3, 0.4) is 0 Å². The van der Waals surface area contributed by atoms with Crippen molar-refractivity contribution in [2.45, 2.75) is 137 Å². The molecule has 0 radical (unpaired) electrons. The lowest BCUT2D eigenvalue weighted by Crippen LogP contribution is -2.44. The number of hydrogen-bond acceptors (Lipinski definition) is 12. The molecule has 6 heterocycles. The van der Waals surface area contributed by atoms with Gasteiger partial charge in [-0.2, -0.15) is 0 Å². The van der Waals surface area contributed by atoms with Gasteiger partial charge in [0.2, 0.25) is 0 Å². The Bertz CT molecular complexity index is 2880. The third-order valence-electron chi connectivity index (χ3n) is 15.2. The van der Waals surface area contributed by atoms with E-state index in [9.17, 15) is 0 Å². The zero-order valence-corrected chi connectivity index (χ0v) is 45.7. The largest absolute Gasteiger partial charge is 0.497 e. The summed E-state index contributed by atoms with van der Waals surface area (Å²) in [5, 5.41) is 6.02. The summed E-state index contributed by atoms with van der Waals surface area (Å²) >= 11 is 0. The number of fused-ring (bicyclic) bond motifs is 6. The Morgan fingerprint density at radius 2 is 1.04 bits per heavy atom. The molecule has 0 atom stereocenters. The number of nitrogens with one attached hydrogen (secondary N) is 1. The predicted octanol–water partition coefficient (Wildman–Crippen LogP) is 11.7. The molecule has 0 spiro atoms. The van der Waals surface area contributed by atoms with Crippen molar-refractivity contribution in [1.29, 1.82) is 0 Å². The summed E-state index contributed by atoms with van der Waals surface area (Å²) in [4.78, 5) is 30.0. The molecule has 7 aromatic rings. The van der Waals surface area contributed by atoms with Gasteiger partial charge in [-0.25, -0.2) is 19.9 Å². The van der Waals surface area contributed by atoms with Crippen molar-refractivity contribution in [3.8, 4) is 11.5 Å². The van der Waals surface area contributed by atoms with Gasteiger partial charge < -0.3 is 49.3 Å². The van der Waals surface area contributed by atoms with Crippen molar-refractivity contribution in [1.82, 2.24) is 38.9 Å². The van der Waals surface area contributed by atoms with Crippen LogP contribution in [0.5, 0.6) is 11.5 Å². The smallest absolute Gasteiger partial charge is 0.155 e. The van der Waals surface area contributed by atoms with Crippen LogP contribution in [-0.4, -0.2) is 120 Å². The van der Waals surface area contributed by atoms with Gasteiger partial charge in [0.1, 0.15) is 34.2 Å². The predicted molar refractivity (Wildman–Crippen MR) is 306 cm³/mol. The molecule has 2 aliphatic heterocycles. The quantitative estimate of drug-likeness (QED) is 0.0592. The Labute approximate surface area is 435 Å². The van der Waals surface area contributed by atoms with Gasteiger partial charge in [-0.1, -0.05) is 79.1 Å². The number of aryl methyl sites for hydroxylation is 4. The van der Waals surface area contributed by atoms with Crippen molar-refractivity contribution in [2.24, 2.45) is 0 Å². The molecule has 2 saturated heterocycles. The van der Waals surface area contributed by atoms with Crippen molar-refractivity contribution in [3.05, 3.63) is 71.8 Å². The Kier molecular flexibility index (Phi) is 18.9. The van der Waals surface area contributed by atoms with E-state index in [1.54, 1.807) is 14.2 Å². The Hall–Kier alpha value is -5.86. The number of hydrogen-bond donors (Lipinski definition) is 2. The number of piperazine rings is 2. The van der Waals surface area contributed by atoms with Crippen LogP contribution in [0.15, 0.2) is 54.6 Å². The summed E-state index contributed by atoms with van der Waals surface area (Å²) in [6.07, 6.45) is 16.4. The van der Waals surface area contributed by atoms with Crippen LogP contribution < -0.4 is 30.3 Å². The normalized spacial score (nSPS) is 14.7. The van der Waals surface area contributed by atoms with E-state index in [2.05, 4.69) is 112 Å². The highest BCUT2D eigenvalue weighted by Gasteiger charge is 2.23. The second-order valence-corrected chi connectivity index (χ2v) is 20.6. The average Bonchev–Trinajstić information content (AvgIpc) is 3.98. The summed E-state index contributed by atoms with van der Waals surface area (Å²) in [6, 6.07) is 19.4. The Morgan fingerprint density at radius 3 is 1.55 bits per heavy atom. The number of imidazole rings is 2. The summed E-state index contributed by atoms with van der Waals surface area (Å²) in [6.45, 7) is 20.2. The first-order chi connectivity index (χ1) is 35.7. The minimum Gasteiger partial charge on any atom is -0.497 e. The molecule has 394 valence electrons. The number of nitrogens with zero attached hydrogens (tertiary/aromatic N) is 10. The number of benzene rings is 3. The molecule has 0 bridgehead atoms. The molecule has 2 aliphatic rings. The molecule has 4 aromatic heterocycles. The maximum Gasteiger partial charge on any atom is 0.155 e. The zero-order chi connectivity index (χ0) is 51.3. The average molecular weight is 995 g/mol. The lowest BCUT2D eigenvalue weighted by atomic mass is 10.1. The van der Waals surface area contributed by atoms with Gasteiger partial charge in [-0.15, -0.1) is 0 Å². The number of rotatable bonds is 23. The molecular weight excluding hydrogens is 909 g/mol. The summed E-state index contributed by atoms with van der Waals surface area (Å²) < 4.78 is 16.0. The zero-order valence-electron chi connectivity index (χ0n) is 45.7. The van der Waals surface area contributed by atoms with Gasteiger partial charge in [-0.05, 0) is 88.3 Å².